The molecule has 0 saturated carbocycles. The summed E-state index contributed by atoms with van der Waals surface area (Å²) in [5, 5.41) is 4.65. The predicted octanol–water partition coefficient (Wildman–Crippen LogP) is 11.8. The van der Waals surface area contributed by atoms with E-state index < -0.39 is 0 Å². The van der Waals surface area contributed by atoms with E-state index in [2.05, 4.69) is 167 Å². The quantitative estimate of drug-likeness (QED) is 0.203. The Labute approximate surface area is 260 Å². The van der Waals surface area contributed by atoms with Crippen molar-refractivity contribution in [2.75, 3.05) is 4.90 Å². The van der Waals surface area contributed by atoms with Crippen LogP contribution >= 0.6 is 0 Å². The van der Waals surface area contributed by atoms with E-state index in [-0.39, 0.29) is 0 Å². The zero-order chi connectivity index (χ0) is 29.7. The Morgan fingerprint density at radius 2 is 0.956 bits per heavy atom. The van der Waals surface area contributed by atoms with Gasteiger partial charge in [-0.3, -0.25) is 0 Å². The molecule has 2 heterocycles. The van der Waals surface area contributed by atoms with Gasteiger partial charge in [-0.15, -0.1) is 0 Å². The summed E-state index contributed by atoms with van der Waals surface area (Å²) in [4.78, 5) is 2.29. The number of benzene rings is 7. The summed E-state index contributed by atoms with van der Waals surface area (Å²) < 4.78 is 8.81. The van der Waals surface area contributed by atoms with Gasteiger partial charge >= 0.3 is 0 Å². The van der Waals surface area contributed by atoms with Crippen molar-refractivity contribution in [3.63, 3.8) is 0 Å². The molecule has 3 nitrogen and oxygen atoms in total. The van der Waals surface area contributed by atoms with Crippen LogP contribution in [0.4, 0.5) is 17.1 Å². The minimum atomic E-state index is 0.919. The third-order valence-corrected chi connectivity index (χ3v) is 8.79. The van der Waals surface area contributed by atoms with E-state index in [9.17, 15) is 0 Å². The van der Waals surface area contributed by atoms with Crippen LogP contribution in [0.2, 0.25) is 0 Å². The molecule has 0 aliphatic carbocycles. The van der Waals surface area contributed by atoms with Gasteiger partial charge in [0.25, 0.3) is 0 Å². The Morgan fingerprint density at radius 3 is 1.64 bits per heavy atom. The molecule has 9 aromatic rings. The fraction of sp³-hybridized carbons (Fsp3) is 0. The fourth-order valence-corrected chi connectivity index (χ4v) is 6.72. The van der Waals surface area contributed by atoms with Crippen molar-refractivity contribution in [3.8, 4) is 16.8 Å². The first-order chi connectivity index (χ1) is 22.3. The van der Waals surface area contributed by atoms with Crippen LogP contribution in [0, 0.1) is 0 Å². The van der Waals surface area contributed by atoms with Gasteiger partial charge in [0.05, 0.1) is 16.4 Å². The summed E-state index contributed by atoms with van der Waals surface area (Å²) in [6.07, 6.45) is 0. The molecule has 0 aliphatic rings. The molecule has 0 radical (unpaired) electrons. The molecule has 7 aromatic carbocycles. The van der Waals surface area contributed by atoms with Crippen LogP contribution in [0.3, 0.4) is 0 Å². The van der Waals surface area contributed by atoms with Gasteiger partial charge in [-0.05, 0) is 83.9 Å². The van der Waals surface area contributed by atoms with E-state index in [1.54, 1.807) is 0 Å². The molecule has 0 unspecified atom stereocenters. The molecule has 2 aromatic heterocycles. The highest BCUT2D eigenvalue weighted by Crippen LogP contribution is 2.41. The van der Waals surface area contributed by atoms with Gasteiger partial charge in [-0.25, -0.2) is 0 Å². The first-order valence-electron chi connectivity index (χ1n) is 15.3. The van der Waals surface area contributed by atoms with Gasteiger partial charge in [0, 0.05) is 38.9 Å². The molecular weight excluding hydrogens is 548 g/mol. The van der Waals surface area contributed by atoms with Crippen molar-refractivity contribution in [2.24, 2.45) is 0 Å². The fourth-order valence-electron chi connectivity index (χ4n) is 6.72. The van der Waals surface area contributed by atoms with Crippen LogP contribution in [0.25, 0.3) is 60.6 Å². The van der Waals surface area contributed by atoms with Crippen LogP contribution in [-0.2, 0) is 0 Å². The molecule has 9 rings (SSSR count). The SMILES string of the molecule is c1ccc(N(c2ccccc2)c2ccc(-c3ccc(-n4c5ccccc5c5c6oc7ccccc7c6ccc54)cc3)cc2)cc1. The van der Waals surface area contributed by atoms with Crippen LogP contribution in [0.1, 0.15) is 0 Å². The van der Waals surface area contributed by atoms with Crippen molar-refractivity contribution in [2.45, 2.75) is 0 Å². The molecule has 0 fully saturated rings. The number of anilines is 3. The molecule has 0 saturated heterocycles. The van der Waals surface area contributed by atoms with E-state index in [0.29, 0.717) is 0 Å². The van der Waals surface area contributed by atoms with E-state index in [4.69, 9.17) is 4.42 Å². The maximum atomic E-state index is 6.47. The third-order valence-electron chi connectivity index (χ3n) is 8.79. The lowest BCUT2D eigenvalue weighted by atomic mass is 10.0. The lowest BCUT2D eigenvalue weighted by molar-refractivity contribution is 0.673. The highest BCUT2D eigenvalue weighted by Gasteiger charge is 2.18. The molecular formula is C42H28N2O. The average molecular weight is 577 g/mol. The van der Waals surface area contributed by atoms with Crippen molar-refractivity contribution in [1.82, 2.24) is 4.57 Å². The second-order valence-electron chi connectivity index (χ2n) is 11.4. The molecule has 0 amide bonds. The van der Waals surface area contributed by atoms with E-state index in [1.807, 2.05) is 12.1 Å². The van der Waals surface area contributed by atoms with Gasteiger partial charge in [0.15, 0.2) is 0 Å². The number of aromatic nitrogens is 1. The smallest absolute Gasteiger partial charge is 0.145 e. The van der Waals surface area contributed by atoms with Crippen molar-refractivity contribution < 1.29 is 4.42 Å². The van der Waals surface area contributed by atoms with Crippen LogP contribution in [0.5, 0.6) is 0 Å². The number of rotatable bonds is 5. The number of para-hydroxylation sites is 4. The third kappa shape index (κ3) is 4.13. The van der Waals surface area contributed by atoms with Gasteiger partial charge in [-0.2, -0.15) is 0 Å². The van der Waals surface area contributed by atoms with Crippen molar-refractivity contribution >= 4 is 60.8 Å². The molecule has 212 valence electrons. The molecule has 45 heavy (non-hydrogen) atoms. The highest BCUT2D eigenvalue weighted by atomic mass is 16.3. The summed E-state index contributed by atoms with van der Waals surface area (Å²) in [6.45, 7) is 0. The molecule has 0 bridgehead atoms. The van der Waals surface area contributed by atoms with Crippen molar-refractivity contribution in [1.29, 1.82) is 0 Å². The lowest BCUT2D eigenvalue weighted by Crippen LogP contribution is -2.09. The van der Waals surface area contributed by atoms with E-state index >= 15 is 0 Å². The normalized spacial score (nSPS) is 11.6. The molecule has 3 heteroatoms. The Morgan fingerprint density at radius 1 is 0.400 bits per heavy atom. The second-order valence-corrected chi connectivity index (χ2v) is 11.4. The largest absolute Gasteiger partial charge is 0.455 e. The Bertz CT molecular complexity index is 2410. The number of hydrogen-bond acceptors (Lipinski definition) is 2. The van der Waals surface area contributed by atoms with Crippen LogP contribution in [-0.4, -0.2) is 4.57 Å². The van der Waals surface area contributed by atoms with Crippen molar-refractivity contribution in [3.05, 3.63) is 170 Å². The van der Waals surface area contributed by atoms with Gasteiger partial charge in [0.1, 0.15) is 11.2 Å². The number of nitrogens with zero attached hydrogens (tertiary/aromatic N) is 2. The highest BCUT2D eigenvalue weighted by molar-refractivity contribution is 6.23. The number of fused-ring (bicyclic) bond motifs is 7. The summed E-state index contributed by atoms with van der Waals surface area (Å²) in [7, 11) is 0. The van der Waals surface area contributed by atoms with Gasteiger partial charge in [0.2, 0.25) is 0 Å². The minimum Gasteiger partial charge on any atom is -0.455 e. The zero-order valence-electron chi connectivity index (χ0n) is 24.5. The summed E-state index contributed by atoms with van der Waals surface area (Å²) in [6, 6.07) is 60.1. The second kappa shape index (κ2) is 10.3. The minimum absolute atomic E-state index is 0.919. The first kappa shape index (κ1) is 25.4. The number of furan rings is 1. The average Bonchev–Trinajstić information content (AvgIpc) is 3.66. The summed E-state index contributed by atoms with van der Waals surface area (Å²) in [5.41, 5.74) is 11.0. The van der Waals surface area contributed by atoms with E-state index in [0.717, 1.165) is 55.6 Å². The Kier molecular flexibility index (Phi) is 5.82. The predicted molar refractivity (Wildman–Crippen MR) is 188 cm³/mol. The Balaban J connectivity index is 1.11. The maximum absolute atomic E-state index is 6.47. The lowest BCUT2D eigenvalue weighted by Gasteiger charge is -2.25. The molecule has 0 aliphatic heterocycles. The van der Waals surface area contributed by atoms with Gasteiger partial charge < -0.3 is 13.9 Å². The van der Waals surface area contributed by atoms with Crippen LogP contribution in [0.15, 0.2) is 174 Å². The first-order valence-corrected chi connectivity index (χ1v) is 15.3. The monoisotopic (exact) mass is 576 g/mol. The topological polar surface area (TPSA) is 21.3 Å². The number of hydrogen-bond donors (Lipinski definition) is 0. The summed E-state index contributed by atoms with van der Waals surface area (Å²) >= 11 is 0. The zero-order valence-corrected chi connectivity index (χ0v) is 24.5. The molecule has 0 N–H and O–H groups in total. The Hall–Kier alpha value is -6.06. The van der Waals surface area contributed by atoms with Crippen LogP contribution < -0.4 is 4.90 Å². The molecule has 0 atom stereocenters. The summed E-state index contributed by atoms with van der Waals surface area (Å²) in [5.74, 6) is 0. The standard InChI is InChI=1S/C42H28N2O/c1-3-11-31(12-4-1)43(32-13-5-2-6-14-32)33-23-19-29(20-24-33)30-21-25-34(26-22-30)44-38-17-9-7-16-37(38)41-39(44)28-27-36-35-15-8-10-18-40(35)45-42(36)41/h1-28H. The maximum Gasteiger partial charge on any atom is 0.145 e. The van der Waals surface area contributed by atoms with E-state index in [1.165, 1.54) is 22.0 Å². The van der Waals surface area contributed by atoms with Gasteiger partial charge in [-0.1, -0.05) is 97.1 Å². The molecule has 0 spiro atoms.